The highest BCUT2D eigenvalue weighted by atomic mass is 32.2. The monoisotopic (exact) mass is 391 g/mol. The van der Waals surface area contributed by atoms with Gasteiger partial charge in [-0.1, -0.05) is 12.8 Å². The third-order valence-electron chi connectivity index (χ3n) is 5.74. The second-order valence-corrected chi connectivity index (χ2v) is 9.13. The fraction of sp³-hybridized carbons (Fsp3) is 0.727. The summed E-state index contributed by atoms with van der Waals surface area (Å²) in [5, 5.41) is 4.29. The molecule has 3 rings (SSSR count). The van der Waals surface area contributed by atoms with Crippen LogP contribution in [0, 0.1) is 0 Å². The molecule has 27 heavy (non-hydrogen) atoms. The number of methoxy groups -OCH3 is 1. The van der Waals surface area contributed by atoms with Crippen molar-refractivity contribution < 1.29 is 4.74 Å². The van der Waals surface area contributed by atoms with E-state index in [2.05, 4.69) is 51.1 Å². The van der Waals surface area contributed by atoms with E-state index in [9.17, 15) is 0 Å². The van der Waals surface area contributed by atoms with Gasteiger partial charge in [-0.25, -0.2) is 0 Å². The molecule has 5 heteroatoms. The second kappa shape index (κ2) is 11.8. The lowest BCUT2D eigenvalue weighted by Crippen LogP contribution is -2.43. The van der Waals surface area contributed by atoms with Crippen molar-refractivity contribution in [3.8, 4) is 0 Å². The first-order valence-electron chi connectivity index (χ1n) is 10.8. The number of nitrogens with zero attached hydrogens (tertiary/aromatic N) is 2. The van der Waals surface area contributed by atoms with Crippen LogP contribution in [0.3, 0.4) is 0 Å². The van der Waals surface area contributed by atoms with Gasteiger partial charge in [-0.15, -0.1) is 0 Å². The van der Waals surface area contributed by atoms with Gasteiger partial charge in [0.15, 0.2) is 0 Å². The molecule has 1 N–H and O–H groups in total. The molecule has 0 atom stereocenters. The molecule has 0 unspecified atom stereocenters. The van der Waals surface area contributed by atoms with Crippen LogP contribution in [0.2, 0.25) is 0 Å². The summed E-state index contributed by atoms with van der Waals surface area (Å²) >= 11 is 2.21. The topological polar surface area (TPSA) is 27.7 Å². The maximum absolute atomic E-state index is 5.11. The van der Waals surface area contributed by atoms with Crippen LogP contribution in [0.25, 0.3) is 0 Å². The number of thioether (sulfide) groups is 1. The van der Waals surface area contributed by atoms with E-state index in [0.29, 0.717) is 0 Å². The van der Waals surface area contributed by atoms with Crippen LogP contribution in [0.4, 0.5) is 11.4 Å². The standard InChI is InChI=1S/C22H37N3OS/c1-26-18-4-2-3-5-19-27-22-10-14-24(15-11-22)20-6-8-21(9-7-20)25-16-12-23-13-17-25/h6-9,22-23H,2-5,10-19H2,1H3. The van der Waals surface area contributed by atoms with Gasteiger partial charge in [-0.2, -0.15) is 11.8 Å². The minimum atomic E-state index is 0.861. The van der Waals surface area contributed by atoms with Gasteiger partial charge in [0.1, 0.15) is 0 Å². The Labute approximate surface area is 170 Å². The molecule has 0 saturated carbocycles. The number of piperazine rings is 1. The van der Waals surface area contributed by atoms with E-state index in [4.69, 9.17) is 4.74 Å². The smallest absolute Gasteiger partial charge is 0.0462 e. The van der Waals surface area contributed by atoms with E-state index in [1.807, 2.05) is 0 Å². The number of unbranched alkanes of at least 4 members (excludes halogenated alkanes) is 3. The molecule has 2 saturated heterocycles. The Balaban J connectivity index is 1.33. The first-order valence-corrected chi connectivity index (χ1v) is 11.8. The summed E-state index contributed by atoms with van der Waals surface area (Å²) in [6.45, 7) is 7.77. The van der Waals surface area contributed by atoms with Gasteiger partial charge in [0, 0.05) is 69.6 Å². The van der Waals surface area contributed by atoms with Crippen LogP contribution in [-0.4, -0.2) is 64.0 Å². The zero-order valence-electron chi connectivity index (χ0n) is 17.0. The first kappa shape index (κ1) is 20.8. The first-order chi connectivity index (χ1) is 13.4. The Bertz CT molecular complexity index is 511. The molecular formula is C22H37N3OS. The molecule has 0 radical (unpaired) electrons. The van der Waals surface area contributed by atoms with Crippen LogP contribution < -0.4 is 15.1 Å². The SMILES string of the molecule is COCCCCCCSC1CCN(c2ccc(N3CCNCC3)cc2)CC1. The van der Waals surface area contributed by atoms with Gasteiger partial charge in [0.2, 0.25) is 0 Å². The van der Waals surface area contributed by atoms with Gasteiger partial charge < -0.3 is 19.9 Å². The number of rotatable bonds is 10. The van der Waals surface area contributed by atoms with Crippen molar-refractivity contribution in [2.45, 2.75) is 43.8 Å². The summed E-state index contributed by atoms with van der Waals surface area (Å²) in [5.74, 6) is 1.33. The van der Waals surface area contributed by atoms with Gasteiger partial charge in [0.25, 0.3) is 0 Å². The predicted octanol–water partition coefficient (Wildman–Crippen LogP) is 4.01. The van der Waals surface area contributed by atoms with Crippen molar-refractivity contribution in [1.82, 2.24) is 5.32 Å². The van der Waals surface area contributed by atoms with Crippen LogP contribution >= 0.6 is 11.8 Å². The van der Waals surface area contributed by atoms with E-state index in [-0.39, 0.29) is 0 Å². The highest BCUT2D eigenvalue weighted by Gasteiger charge is 2.20. The number of benzene rings is 1. The molecule has 152 valence electrons. The van der Waals surface area contributed by atoms with Crippen molar-refractivity contribution in [1.29, 1.82) is 0 Å². The maximum atomic E-state index is 5.11. The van der Waals surface area contributed by atoms with Gasteiger partial charge in [-0.05, 0) is 55.7 Å². The van der Waals surface area contributed by atoms with Crippen molar-refractivity contribution >= 4 is 23.1 Å². The van der Waals surface area contributed by atoms with Crippen LogP contribution in [-0.2, 0) is 4.74 Å². The predicted molar refractivity (Wildman–Crippen MR) is 120 cm³/mol. The highest BCUT2D eigenvalue weighted by molar-refractivity contribution is 7.99. The summed E-state index contributed by atoms with van der Waals surface area (Å²) < 4.78 is 5.11. The lowest BCUT2D eigenvalue weighted by atomic mass is 10.1. The number of nitrogens with one attached hydrogen (secondary N) is 1. The lowest BCUT2D eigenvalue weighted by Gasteiger charge is -2.34. The minimum Gasteiger partial charge on any atom is -0.385 e. The Morgan fingerprint density at radius 2 is 1.48 bits per heavy atom. The Morgan fingerprint density at radius 1 is 0.889 bits per heavy atom. The van der Waals surface area contributed by atoms with Crippen molar-refractivity contribution in [3.63, 3.8) is 0 Å². The quantitative estimate of drug-likeness (QED) is 0.609. The molecule has 2 aliphatic heterocycles. The number of anilines is 2. The lowest BCUT2D eigenvalue weighted by molar-refractivity contribution is 0.192. The molecule has 0 bridgehead atoms. The fourth-order valence-corrected chi connectivity index (χ4v) is 5.28. The molecular weight excluding hydrogens is 354 g/mol. The van der Waals surface area contributed by atoms with Crippen molar-refractivity contribution in [2.75, 3.05) is 68.5 Å². The normalized spacial score (nSPS) is 18.9. The molecule has 2 fully saturated rings. The van der Waals surface area contributed by atoms with Crippen LogP contribution in [0.15, 0.2) is 24.3 Å². The third-order valence-corrected chi connectivity index (χ3v) is 7.20. The molecule has 0 amide bonds. The Morgan fingerprint density at radius 3 is 2.11 bits per heavy atom. The summed E-state index contributed by atoms with van der Waals surface area (Å²) in [5.41, 5.74) is 2.77. The zero-order chi connectivity index (χ0) is 18.7. The molecule has 0 aliphatic carbocycles. The molecule has 2 aliphatic rings. The van der Waals surface area contributed by atoms with Crippen molar-refractivity contribution in [2.24, 2.45) is 0 Å². The van der Waals surface area contributed by atoms with E-state index in [1.54, 1.807) is 7.11 Å². The number of piperidine rings is 1. The average Bonchev–Trinajstić information content (AvgIpc) is 2.74. The molecule has 0 spiro atoms. The summed E-state index contributed by atoms with van der Waals surface area (Å²) in [6, 6.07) is 9.27. The van der Waals surface area contributed by atoms with E-state index in [1.165, 1.54) is 68.7 Å². The van der Waals surface area contributed by atoms with Gasteiger partial charge >= 0.3 is 0 Å². The van der Waals surface area contributed by atoms with Crippen LogP contribution in [0.5, 0.6) is 0 Å². The fourth-order valence-electron chi connectivity index (χ4n) is 4.03. The number of hydrogen-bond donors (Lipinski definition) is 1. The van der Waals surface area contributed by atoms with E-state index < -0.39 is 0 Å². The number of ether oxygens (including phenoxy) is 1. The summed E-state index contributed by atoms with van der Waals surface area (Å²) in [6.07, 6.45) is 7.91. The summed E-state index contributed by atoms with van der Waals surface area (Å²) in [4.78, 5) is 5.06. The average molecular weight is 392 g/mol. The third kappa shape index (κ3) is 6.88. The highest BCUT2D eigenvalue weighted by Crippen LogP contribution is 2.29. The van der Waals surface area contributed by atoms with Gasteiger partial charge in [-0.3, -0.25) is 0 Å². The Kier molecular flexibility index (Phi) is 9.12. The molecule has 1 aromatic rings. The van der Waals surface area contributed by atoms with E-state index >= 15 is 0 Å². The van der Waals surface area contributed by atoms with Crippen LogP contribution in [0.1, 0.15) is 38.5 Å². The largest absolute Gasteiger partial charge is 0.385 e. The van der Waals surface area contributed by atoms with Crippen molar-refractivity contribution in [3.05, 3.63) is 24.3 Å². The molecule has 4 nitrogen and oxygen atoms in total. The Hall–Kier alpha value is -0.910. The maximum Gasteiger partial charge on any atom is 0.0462 e. The van der Waals surface area contributed by atoms with E-state index in [0.717, 1.165) is 38.0 Å². The minimum absolute atomic E-state index is 0.861. The molecule has 0 aromatic heterocycles. The molecule has 2 heterocycles. The number of hydrogen-bond acceptors (Lipinski definition) is 5. The second-order valence-electron chi connectivity index (χ2n) is 7.72. The summed E-state index contributed by atoms with van der Waals surface area (Å²) in [7, 11) is 1.79. The van der Waals surface area contributed by atoms with Gasteiger partial charge in [0.05, 0.1) is 0 Å². The molecule has 1 aromatic carbocycles. The zero-order valence-corrected chi connectivity index (χ0v) is 17.8.